The highest BCUT2D eigenvalue weighted by molar-refractivity contribution is 6.29. The molecule has 0 bridgehead atoms. The fourth-order valence-electron chi connectivity index (χ4n) is 1.79. The van der Waals surface area contributed by atoms with Gasteiger partial charge in [-0.05, 0) is 37.6 Å². The fraction of sp³-hybridized carbons (Fsp3) is 0.200. The Labute approximate surface area is 127 Å². The minimum atomic E-state index is -0.431. The number of aromatic hydroxyl groups is 1. The second-order valence-corrected chi connectivity index (χ2v) is 4.99. The smallest absolute Gasteiger partial charge is 0.263 e. The van der Waals surface area contributed by atoms with Crippen LogP contribution >= 0.6 is 11.6 Å². The minimum absolute atomic E-state index is 0.0109. The highest BCUT2D eigenvalue weighted by Crippen LogP contribution is 2.22. The Morgan fingerprint density at radius 1 is 1.33 bits per heavy atom. The topological polar surface area (TPSA) is 71.5 Å². The van der Waals surface area contributed by atoms with Gasteiger partial charge in [0, 0.05) is 0 Å². The van der Waals surface area contributed by atoms with E-state index in [2.05, 4.69) is 10.3 Å². The average molecular weight is 307 g/mol. The van der Waals surface area contributed by atoms with Crippen LogP contribution in [0.3, 0.4) is 0 Å². The molecule has 2 rings (SSSR count). The quantitative estimate of drug-likeness (QED) is 0.852. The lowest BCUT2D eigenvalue weighted by Crippen LogP contribution is -2.21. The first-order chi connectivity index (χ1) is 9.95. The summed E-state index contributed by atoms with van der Waals surface area (Å²) >= 11 is 5.70. The number of carbonyl (C=O) groups excluding carboxylic acids is 1. The van der Waals surface area contributed by atoms with Gasteiger partial charge in [0.2, 0.25) is 0 Å². The number of benzene rings is 1. The summed E-state index contributed by atoms with van der Waals surface area (Å²) in [5.41, 5.74) is 2.07. The number of carbonyl (C=O) groups is 1. The predicted molar refractivity (Wildman–Crippen MR) is 81.0 cm³/mol. The van der Waals surface area contributed by atoms with Crippen molar-refractivity contribution in [1.82, 2.24) is 4.98 Å². The number of nitrogens with one attached hydrogen (secondary N) is 1. The number of hydrogen-bond acceptors (Lipinski definition) is 4. The molecular formula is C15H15ClN2O3. The van der Waals surface area contributed by atoms with Gasteiger partial charge in [0.25, 0.3) is 5.91 Å². The second kappa shape index (κ2) is 6.45. The normalized spacial score (nSPS) is 10.2. The molecule has 0 radical (unpaired) electrons. The van der Waals surface area contributed by atoms with Gasteiger partial charge >= 0.3 is 0 Å². The third-order valence-corrected chi connectivity index (χ3v) is 3.00. The van der Waals surface area contributed by atoms with Crippen molar-refractivity contribution in [1.29, 1.82) is 0 Å². The number of ether oxygens (including phenoxy) is 1. The first kappa shape index (κ1) is 15.1. The summed E-state index contributed by atoms with van der Waals surface area (Å²) < 4.78 is 5.44. The lowest BCUT2D eigenvalue weighted by molar-refractivity contribution is -0.118. The molecule has 2 aromatic rings. The van der Waals surface area contributed by atoms with Crippen molar-refractivity contribution < 1.29 is 14.6 Å². The summed E-state index contributed by atoms with van der Waals surface area (Å²) in [4.78, 5) is 15.6. The maximum Gasteiger partial charge on any atom is 0.263 e. The van der Waals surface area contributed by atoms with E-state index in [1.165, 1.54) is 12.1 Å². The van der Waals surface area contributed by atoms with Crippen molar-refractivity contribution in [3.63, 3.8) is 0 Å². The standard InChI is InChI=1S/C15H15ClN2O3/c1-9-3-5-12(10(2)7-9)21-8-14(20)18-15-11(19)4-6-13(16)17-15/h3-7,19H,8H2,1-2H3,(H,17,18,20). The molecule has 0 aliphatic rings. The van der Waals surface area contributed by atoms with Crippen LogP contribution in [0.15, 0.2) is 30.3 Å². The molecule has 0 atom stereocenters. The van der Waals surface area contributed by atoms with Crippen LogP contribution in [-0.2, 0) is 4.79 Å². The molecule has 1 aromatic heterocycles. The Morgan fingerprint density at radius 2 is 2.10 bits per heavy atom. The van der Waals surface area contributed by atoms with E-state index in [-0.39, 0.29) is 23.3 Å². The molecular weight excluding hydrogens is 292 g/mol. The average Bonchev–Trinajstić information content (AvgIpc) is 2.42. The van der Waals surface area contributed by atoms with Gasteiger partial charge in [-0.25, -0.2) is 4.98 Å². The van der Waals surface area contributed by atoms with Gasteiger partial charge in [-0.1, -0.05) is 29.3 Å². The molecule has 0 aliphatic carbocycles. The van der Waals surface area contributed by atoms with Crippen LogP contribution in [0, 0.1) is 13.8 Å². The van der Waals surface area contributed by atoms with Crippen LogP contribution in [-0.4, -0.2) is 22.6 Å². The molecule has 0 aliphatic heterocycles. The summed E-state index contributed by atoms with van der Waals surface area (Å²) in [7, 11) is 0. The van der Waals surface area contributed by atoms with Crippen molar-refractivity contribution in [2.45, 2.75) is 13.8 Å². The molecule has 0 saturated heterocycles. The zero-order valence-corrected chi connectivity index (χ0v) is 12.4. The molecule has 110 valence electrons. The van der Waals surface area contributed by atoms with Gasteiger partial charge in [0.05, 0.1) is 0 Å². The van der Waals surface area contributed by atoms with E-state index in [4.69, 9.17) is 16.3 Å². The fourth-order valence-corrected chi connectivity index (χ4v) is 1.94. The van der Waals surface area contributed by atoms with Crippen molar-refractivity contribution in [3.05, 3.63) is 46.6 Å². The van der Waals surface area contributed by atoms with Crippen LogP contribution < -0.4 is 10.1 Å². The highest BCUT2D eigenvalue weighted by Gasteiger charge is 2.10. The Morgan fingerprint density at radius 3 is 2.81 bits per heavy atom. The zero-order valence-electron chi connectivity index (χ0n) is 11.7. The molecule has 1 heterocycles. The minimum Gasteiger partial charge on any atom is -0.504 e. The lowest BCUT2D eigenvalue weighted by atomic mass is 10.1. The first-order valence-corrected chi connectivity index (χ1v) is 6.69. The van der Waals surface area contributed by atoms with Crippen molar-refractivity contribution in [3.8, 4) is 11.5 Å². The number of aromatic nitrogens is 1. The third kappa shape index (κ3) is 4.10. The summed E-state index contributed by atoms with van der Waals surface area (Å²) in [5, 5.41) is 12.2. The molecule has 0 unspecified atom stereocenters. The van der Waals surface area contributed by atoms with Crippen LogP contribution in [0.2, 0.25) is 5.15 Å². The van der Waals surface area contributed by atoms with Crippen molar-refractivity contribution in [2.75, 3.05) is 11.9 Å². The molecule has 21 heavy (non-hydrogen) atoms. The van der Waals surface area contributed by atoms with E-state index in [9.17, 15) is 9.90 Å². The Balaban J connectivity index is 1.97. The Kier molecular flexibility index (Phi) is 4.65. The Hall–Kier alpha value is -2.27. The number of hydrogen-bond donors (Lipinski definition) is 2. The van der Waals surface area contributed by atoms with E-state index in [0.29, 0.717) is 5.75 Å². The molecule has 5 nitrogen and oxygen atoms in total. The van der Waals surface area contributed by atoms with Gasteiger partial charge < -0.3 is 15.2 Å². The summed E-state index contributed by atoms with van der Waals surface area (Å²) in [5.74, 6) is 0.0649. The van der Waals surface area contributed by atoms with Gasteiger partial charge in [0.1, 0.15) is 10.9 Å². The van der Waals surface area contributed by atoms with E-state index < -0.39 is 5.91 Å². The number of anilines is 1. The monoisotopic (exact) mass is 306 g/mol. The molecule has 0 saturated carbocycles. The molecule has 0 fully saturated rings. The molecule has 0 spiro atoms. The van der Waals surface area contributed by atoms with Gasteiger partial charge in [-0.15, -0.1) is 0 Å². The van der Waals surface area contributed by atoms with Crippen LogP contribution in [0.4, 0.5) is 5.82 Å². The molecule has 2 N–H and O–H groups in total. The van der Waals surface area contributed by atoms with Crippen LogP contribution in [0.25, 0.3) is 0 Å². The number of aryl methyl sites for hydroxylation is 2. The number of halogens is 1. The van der Waals surface area contributed by atoms with Crippen molar-refractivity contribution in [2.24, 2.45) is 0 Å². The van der Waals surface area contributed by atoms with E-state index in [1.54, 1.807) is 0 Å². The van der Waals surface area contributed by atoms with Gasteiger partial charge in [0.15, 0.2) is 18.2 Å². The van der Waals surface area contributed by atoms with Crippen LogP contribution in [0.5, 0.6) is 11.5 Å². The first-order valence-electron chi connectivity index (χ1n) is 6.31. The Bertz CT molecular complexity index is 674. The van der Waals surface area contributed by atoms with Gasteiger partial charge in [-0.2, -0.15) is 0 Å². The summed E-state index contributed by atoms with van der Waals surface area (Å²) in [6, 6.07) is 8.48. The maximum absolute atomic E-state index is 11.8. The number of amides is 1. The second-order valence-electron chi connectivity index (χ2n) is 4.61. The number of pyridine rings is 1. The van der Waals surface area contributed by atoms with E-state index in [1.807, 2.05) is 32.0 Å². The lowest BCUT2D eigenvalue weighted by Gasteiger charge is -2.10. The third-order valence-electron chi connectivity index (χ3n) is 2.79. The number of rotatable bonds is 4. The molecule has 1 aromatic carbocycles. The summed E-state index contributed by atoms with van der Waals surface area (Å²) in [6.45, 7) is 3.71. The largest absolute Gasteiger partial charge is 0.504 e. The molecule has 6 heteroatoms. The summed E-state index contributed by atoms with van der Waals surface area (Å²) in [6.07, 6.45) is 0. The van der Waals surface area contributed by atoms with E-state index in [0.717, 1.165) is 11.1 Å². The number of nitrogens with zero attached hydrogens (tertiary/aromatic N) is 1. The SMILES string of the molecule is Cc1ccc(OCC(=O)Nc2nc(Cl)ccc2O)c(C)c1. The predicted octanol–water partition coefficient (Wildman–Crippen LogP) is 3.07. The van der Waals surface area contributed by atoms with E-state index >= 15 is 0 Å². The highest BCUT2D eigenvalue weighted by atomic mass is 35.5. The van der Waals surface area contributed by atoms with Crippen LogP contribution in [0.1, 0.15) is 11.1 Å². The maximum atomic E-state index is 11.8. The zero-order chi connectivity index (χ0) is 15.4. The molecule has 1 amide bonds. The van der Waals surface area contributed by atoms with Crippen molar-refractivity contribution >= 4 is 23.3 Å². The van der Waals surface area contributed by atoms with Gasteiger partial charge in [-0.3, -0.25) is 4.79 Å².